The van der Waals surface area contributed by atoms with Crippen LogP contribution < -0.4 is 5.32 Å². The molecule has 0 bridgehead atoms. The Morgan fingerprint density at radius 1 is 1.10 bits per heavy atom. The molecular weight excluding hydrogens is 390 g/mol. The Hall–Kier alpha value is -3.38. The van der Waals surface area contributed by atoms with Crippen LogP contribution in [0.25, 0.3) is 11.8 Å². The number of nitrogens with one attached hydrogen (secondary N) is 1. The van der Waals surface area contributed by atoms with E-state index < -0.39 is 18.0 Å². The lowest BCUT2D eigenvalue weighted by Gasteiger charge is -2.12. The number of amides is 1. The van der Waals surface area contributed by atoms with Crippen LogP contribution in [0.1, 0.15) is 18.2 Å². The molecule has 0 aliphatic rings. The van der Waals surface area contributed by atoms with Crippen molar-refractivity contribution in [1.29, 1.82) is 0 Å². The maximum absolute atomic E-state index is 12.1. The van der Waals surface area contributed by atoms with Gasteiger partial charge in [-0.3, -0.25) is 4.79 Å². The number of hydrogen-bond acceptors (Lipinski definition) is 4. The molecule has 1 unspecified atom stereocenters. The first-order valence-corrected chi connectivity index (χ1v) is 9.38. The quantitative estimate of drug-likeness (QED) is 0.483. The van der Waals surface area contributed by atoms with Gasteiger partial charge in [-0.2, -0.15) is 5.10 Å². The maximum atomic E-state index is 12.1. The number of carbonyl (C=O) groups excluding carboxylic acids is 2. The number of para-hydroxylation sites is 2. The molecule has 1 heterocycles. The van der Waals surface area contributed by atoms with E-state index in [1.165, 1.54) is 19.1 Å². The fourth-order valence-corrected chi connectivity index (χ4v) is 2.96. The maximum Gasteiger partial charge on any atom is 0.331 e. The second kappa shape index (κ2) is 9.21. The molecule has 1 amide bonds. The summed E-state index contributed by atoms with van der Waals surface area (Å²) in [6, 6.07) is 18.4. The monoisotopic (exact) mass is 409 g/mol. The van der Waals surface area contributed by atoms with Crippen molar-refractivity contribution in [2.45, 2.75) is 20.0 Å². The second-order valence-corrected chi connectivity index (χ2v) is 6.66. The highest BCUT2D eigenvalue weighted by atomic mass is 35.5. The average Bonchev–Trinajstić information content (AvgIpc) is 3.01. The van der Waals surface area contributed by atoms with Gasteiger partial charge in [-0.05, 0) is 44.2 Å². The van der Waals surface area contributed by atoms with Crippen molar-refractivity contribution in [3.8, 4) is 5.69 Å². The zero-order valence-corrected chi connectivity index (χ0v) is 16.8. The summed E-state index contributed by atoms with van der Waals surface area (Å²) in [6.07, 6.45) is 1.82. The zero-order valence-electron chi connectivity index (χ0n) is 16.0. The van der Waals surface area contributed by atoms with Gasteiger partial charge in [0.1, 0.15) is 5.15 Å². The first-order chi connectivity index (χ1) is 14.0. The van der Waals surface area contributed by atoms with Crippen LogP contribution in [0.4, 0.5) is 5.69 Å². The highest BCUT2D eigenvalue weighted by Crippen LogP contribution is 2.24. The first-order valence-electron chi connectivity index (χ1n) is 9.01. The molecule has 6 nitrogen and oxygen atoms in total. The van der Waals surface area contributed by atoms with Gasteiger partial charge in [-0.1, -0.05) is 48.0 Å². The minimum atomic E-state index is -0.948. The molecule has 2 aromatic carbocycles. The predicted octanol–water partition coefficient (Wildman–Crippen LogP) is 4.42. The summed E-state index contributed by atoms with van der Waals surface area (Å²) in [4.78, 5) is 24.3. The highest BCUT2D eigenvalue weighted by molar-refractivity contribution is 6.31. The van der Waals surface area contributed by atoms with Crippen molar-refractivity contribution < 1.29 is 14.3 Å². The highest BCUT2D eigenvalue weighted by Gasteiger charge is 2.17. The van der Waals surface area contributed by atoms with Crippen molar-refractivity contribution >= 4 is 35.2 Å². The van der Waals surface area contributed by atoms with Crippen LogP contribution in [-0.2, 0) is 14.3 Å². The average molecular weight is 410 g/mol. The Morgan fingerprint density at radius 2 is 1.72 bits per heavy atom. The molecule has 1 atom stereocenters. The summed E-state index contributed by atoms with van der Waals surface area (Å²) >= 11 is 6.43. The van der Waals surface area contributed by atoms with Gasteiger partial charge in [0, 0.05) is 17.3 Å². The summed E-state index contributed by atoms with van der Waals surface area (Å²) < 4.78 is 6.76. The Labute approximate surface area is 173 Å². The number of carbonyl (C=O) groups is 2. The number of esters is 1. The van der Waals surface area contributed by atoms with E-state index in [4.69, 9.17) is 16.3 Å². The molecule has 0 saturated carbocycles. The van der Waals surface area contributed by atoms with E-state index in [1.807, 2.05) is 36.4 Å². The number of benzene rings is 2. The molecule has 148 valence electrons. The van der Waals surface area contributed by atoms with E-state index in [-0.39, 0.29) is 0 Å². The van der Waals surface area contributed by atoms with Crippen LogP contribution in [0.3, 0.4) is 0 Å². The van der Waals surface area contributed by atoms with Crippen molar-refractivity contribution in [3.05, 3.63) is 83.2 Å². The largest absolute Gasteiger partial charge is 0.449 e. The van der Waals surface area contributed by atoms with Crippen molar-refractivity contribution in [2.24, 2.45) is 0 Å². The standard InChI is InChI=1S/C22H20ClN3O3/c1-15-19(21(23)26(25-15)18-11-7-4-8-12-18)13-14-20(27)29-16(2)22(28)24-17-9-5-3-6-10-17/h3-14,16H,1-2H3,(H,24,28)/b14-13+. The van der Waals surface area contributed by atoms with E-state index in [2.05, 4.69) is 10.4 Å². The summed E-state index contributed by atoms with van der Waals surface area (Å²) in [7, 11) is 0. The van der Waals surface area contributed by atoms with Gasteiger partial charge in [0.25, 0.3) is 5.91 Å². The molecule has 3 aromatic rings. The van der Waals surface area contributed by atoms with Crippen LogP contribution >= 0.6 is 11.6 Å². The Bertz CT molecular complexity index is 1030. The van der Waals surface area contributed by atoms with Gasteiger partial charge in [0.2, 0.25) is 0 Å². The number of aromatic nitrogens is 2. The van der Waals surface area contributed by atoms with Crippen LogP contribution in [0.2, 0.25) is 5.15 Å². The van der Waals surface area contributed by atoms with E-state index >= 15 is 0 Å². The fraction of sp³-hybridized carbons (Fsp3) is 0.136. The number of ether oxygens (including phenoxy) is 1. The molecular formula is C22H20ClN3O3. The molecule has 0 fully saturated rings. The van der Waals surface area contributed by atoms with Crippen molar-refractivity contribution in [1.82, 2.24) is 9.78 Å². The van der Waals surface area contributed by atoms with Gasteiger partial charge in [0.15, 0.2) is 6.10 Å². The fourth-order valence-electron chi connectivity index (χ4n) is 2.62. The number of anilines is 1. The molecule has 7 heteroatoms. The minimum absolute atomic E-state index is 0.382. The first kappa shape index (κ1) is 20.4. The van der Waals surface area contributed by atoms with Gasteiger partial charge < -0.3 is 10.1 Å². The van der Waals surface area contributed by atoms with Crippen LogP contribution in [0.15, 0.2) is 66.7 Å². The molecule has 3 rings (SSSR count). The third kappa shape index (κ3) is 5.12. The minimum Gasteiger partial charge on any atom is -0.449 e. The zero-order chi connectivity index (χ0) is 20.8. The molecule has 29 heavy (non-hydrogen) atoms. The molecule has 0 aliphatic carbocycles. The summed E-state index contributed by atoms with van der Waals surface area (Å²) in [5.74, 6) is -1.06. The predicted molar refractivity (Wildman–Crippen MR) is 113 cm³/mol. The van der Waals surface area contributed by atoms with E-state index in [0.717, 1.165) is 5.69 Å². The van der Waals surface area contributed by atoms with Gasteiger partial charge >= 0.3 is 5.97 Å². The SMILES string of the molecule is Cc1nn(-c2ccccc2)c(Cl)c1/C=C/C(=O)OC(C)C(=O)Nc1ccccc1. The lowest BCUT2D eigenvalue weighted by Crippen LogP contribution is -2.29. The Kier molecular flexibility index (Phi) is 6.46. The third-order valence-corrected chi connectivity index (χ3v) is 4.50. The van der Waals surface area contributed by atoms with Gasteiger partial charge in [-0.25, -0.2) is 9.48 Å². The Morgan fingerprint density at radius 3 is 2.38 bits per heavy atom. The molecule has 0 aliphatic heterocycles. The molecule has 0 spiro atoms. The summed E-state index contributed by atoms with van der Waals surface area (Å²) in [6.45, 7) is 3.31. The summed E-state index contributed by atoms with van der Waals surface area (Å²) in [5, 5.41) is 7.48. The Balaban J connectivity index is 1.65. The van der Waals surface area contributed by atoms with Crippen molar-refractivity contribution in [3.63, 3.8) is 0 Å². The van der Waals surface area contributed by atoms with E-state index in [1.54, 1.807) is 35.9 Å². The lowest BCUT2D eigenvalue weighted by molar-refractivity contribution is -0.148. The third-order valence-electron chi connectivity index (χ3n) is 4.14. The number of rotatable bonds is 6. The van der Waals surface area contributed by atoms with Gasteiger partial charge in [0.05, 0.1) is 11.4 Å². The van der Waals surface area contributed by atoms with Crippen molar-refractivity contribution in [2.75, 3.05) is 5.32 Å². The van der Waals surface area contributed by atoms with Crippen LogP contribution in [-0.4, -0.2) is 27.8 Å². The number of hydrogen-bond donors (Lipinski definition) is 1. The van der Waals surface area contributed by atoms with Crippen LogP contribution in [0, 0.1) is 6.92 Å². The van der Waals surface area contributed by atoms with Crippen LogP contribution in [0.5, 0.6) is 0 Å². The summed E-state index contributed by atoms with van der Waals surface area (Å²) in [5.41, 5.74) is 2.72. The number of halogens is 1. The topological polar surface area (TPSA) is 73.2 Å². The lowest BCUT2D eigenvalue weighted by atomic mass is 10.2. The molecule has 0 saturated heterocycles. The number of aryl methyl sites for hydroxylation is 1. The smallest absolute Gasteiger partial charge is 0.331 e. The normalized spacial score (nSPS) is 12.0. The molecule has 1 aromatic heterocycles. The molecule has 1 N–H and O–H groups in total. The van der Waals surface area contributed by atoms with Gasteiger partial charge in [-0.15, -0.1) is 0 Å². The van der Waals surface area contributed by atoms with E-state index in [9.17, 15) is 9.59 Å². The van der Waals surface area contributed by atoms with E-state index in [0.29, 0.717) is 22.1 Å². The number of nitrogens with zero attached hydrogens (tertiary/aromatic N) is 2. The molecule has 0 radical (unpaired) electrons. The second-order valence-electron chi connectivity index (χ2n) is 6.30.